The molecule has 136 valence electrons. The van der Waals surface area contributed by atoms with Crippen molar-refractivity contribution in [3.8, 4) is 17.2 Å². The Morgan fingerprint density at radius 3 is 2.85 bits per heavy atom. The Kier molecular flexibility index (Phi) is 4.21. The Morgan fingerprint density at radius 2 is 2.00 bits per heavy atom. The van der Waals surface area contributed by atoms with E-state index >= 15 is 0 Å². The van der Waals surface area contributed by atoms with Gasteiger partial charge in [0.1, 0.15) is 12.4 Å². The van der Waals surface area contributed by atoms with Crippen molar-refractivity contribution in [3.05, 3.63) is 59.3 Å². The van der Waals surface area contributed by atoms with Gasteiger partial charge >= 0.3 is 5.97 Å². The van der Waals surface area contributed by atoms with Crippen molar-refractivity contribution < 1.29 is 33.6 Å². The Labute approximate surface area is 153 Å². The molecule has 2 heterocycles. The molecule has 0 fully saturated rings. The van der Waals surface area contributed by atoms with Crippen molar-refractivity contribution in [1.82, 2.24) is 0 Å². The van der Waals surface area contributed by atoms with E-state index < -0.39 is 18.5 Å². The number of carbonyl (C=O) groups excluding carboxylic acids is 2. The zero-order valence-corrected chi connectivity index (χ0v) is 13.8. The van der Waals surface area contributed by atoms with Gasteiger partial charge in [0.05, 0.1) is 5.97 Å². The van der Waals surface area contributed by atoms with Crippen LogP contribution in [0.25, 0.3) is 6.08 Å². The molecule has 0 bridgehead atoms. The minimum Gasteiger partial charge on any atom is -0.546 e. The third kappa shape index (κ3) is 3.45. The lowest BCUT2D eigenvalue weighted by Gasteiger charge is -2.09. The maximum Gasteiger partial charge on any atom is 0.363 e. The average molecular weight is 366 g/mol. The molecule has 0 atom stereocenters. The zero-order valence-electron chi connectivity index (χ0n) is 13.8. The molecule has 0 aliphatic carbocycles. The number of aliphatic carboxylic acids is 1. The smallest absolute Gasteiger partial charge is 0.363 e. The Balaban J connectivity index is 1.63. The van der Waals surface area contributed by atoms with Crippen LogP contribution in [0.1, 0.15) is 11.1 Å². The molecule has 2 aromatic rings. The van der Waals surface area contributed by atoms with E-state index in [2.05, 4.69) is 4.99 Å². The highest BCUT2D eigenvalue weighted by Gasteiger charge is 2.26. The average Bonchev–Trinajstić information content (AvgIpc) is 3.27. The van der Waals surface area contributed by atoms with Gasteiger partial charge in [0.25, 0.3) is 0 Å². The van der Waals surface area contributed by atoms with E-state index in [0.717, 1.165) is 0 Å². The van der Waals surface area contributed by atoms with Gasteiger partial charge in [-0.2, -0.15) is 0 Å². The number of rotatable bonds is 5. The van der Waals surface area contributed by atoms with Crippen LogP contribution in [0.4, 0.5) is 0 Å². The number of carboxylic acids is 1. The second-order valence-electron chi connectivity index (χ2n) is 5.60. The first-order chi connectivity index (χ1) is 13.1. The maximum absolute atomic E-state index is 12.2. The van der Waals surface area contributed by atoms with E-state index in [9.17, 15) is 14.7 Å². The minimum absolute atomic E-state index is 0.0622. The summed E-state index contributed by atoms with van der Waals surface area (Å²) in [4.78, 5) is 27.0. The van der Waals surface area contributed by atoms with Gasteiger partial charge in [-0.15, -0.1) is 0 Å². The number of para-hydroxylation sites is 1. The van der Waals surface area contributed by atoms with E-state index in [-0.39, 0.29) is 24.1 Å². The fourth-order valence-electron chi connectivity index (χ4n) is 2.58. The fraction of sp³-hybridized carbons (Fsp3) is 0.105. The number of carboxylic acid groups (broad SMARTS) is 1. The first kappa shape index (κ1) is 16.6. The lowest BCUT2D eigenvalue weighted by atomic mass is 10.1. The van der Waals surface area contributed by atoms with Crippen molar-refractivity contribution in [2.75, 3.05) is 13.4 Å². The van der Waals surface area contributed by atoms with Gasteiger partial charge in [0.15, 0.2) is 17.2 Å². The zero-order chi connectivity index (χ0) is 18.8. The van der Waals surface area contributed by atoms with E-state index in [0.29, 0.717) is 22.6 Å². The third-order valence-corrected chi connectivity index (χ3v) is 3.80. The number of esters is 1. The number of fused-ring (bicyclic) bond motifs is 1. The highest BCUT2D eigenvalue weighted by atomic mass is 16.7. The molecule has 2 aliphatic heterocycles. The van der Waals surface area contributed by atoms with Gasteiger partial charge in [-0.3, -0.25) is 0 Å². The van der Waals surface area contributed by atoms with E-state index in [1.807, 2.05) is 0 Å². The number of carbonyl (C=O) groups is 2. The summed E-state index contributed by atoms with van der Waals surface area (Å²) in [6.45, 7) is -0.463. The maximum atomic E-state index is 12.2. The minimum atomic E-state index is -1.35. The first-order valence-electron chi connectivity index (χ1n) is 7.94. The molecular weight excluding hydrogens is 354 g/mol. The number of hydrogen-bond acceptors (Lipinski definition) is 8. The van der Waals surface area contributed by atoms with Crippen LogP contribution < -0.4 is 19.3 Å². The molecule has 0 spiro atoms. The lowest BCUT2D eigenvalue weighted by molar-refractivity contribution is -0.307. The van der Waals surface area contributed by atoms with Gasteiger partial charge in [-0.25, -0.2) is 9.79 Å². The van der Waals surface area contributed by atoms with Crippen molar-refractivity contribution in [2.45, 2.75) is 0 Å². The summed E-state index contributed by atoms with van der Waals surface area (Å²) in [7, 11) is 0. The normalized spacial score (nSPS) is 16.2. The second kappa shape index (κ2) is 6.83. The number of benzene rings is 2. The van der Waals surface area contributed by atoms with Crippen molar-refractivity contribution in [1.29, 1.82) is 0 Å². The molecule has 0 N–H and O–H groups in total. The van der Waals surface area contributed by atoms with Crippen LogP contribution in [0.2, 0.25) is 0 Å². The van der Waals surface area contributed by atoms with Gasteiger partial charge in [0, 0.05) is 11.1 Å². The molecule has 0 unspecified atom stereocenters. The number of ether oxygens (including phenoxy) is 4. The summed E-state index contributed by atoms with van der Waals surface area (Å²) < 4.78 is 21.0. The molecule has 8 heteroatoms. The standard InChI is InChI=1S/C19H13NO7/c21-17(22)9-24-14-4-2-1-3-11(14)7-13-19(23)27-18(20-13)12-5-6-15-16(8-12)26-10-25-15/h1-8H,9-10H2,(H,21,22)/p-1/b13-7-. The first-order valence-corrected chi connectivity index (χ1v) is 7.94. The number of aliphatic imine (C=N–C) groups is 1. The Hall–Kier alpha value is -3.81. The van der Waals surface area contributed by atoms with Crippen molar-refractivity contribution >= 4 is 23.9 Å². The van der Waals surface area contributed by atoms with Crippen LogP contribution in [-0.4, -0.2) is 31.2 Å². The molecule has 0 aromatic heterocycles. The third-order valence-electron chi connectivity index (χ3n) is 3.80. The summed E-state index contributed by atoms with van der Waals surface area (Å²) in [6.07, 6.45) is 1.47. The summed E-state index contributed by atoms with van der Waals surface area (Å²) >= 11 is 0. The highest BCUT2D eigenvalue weighted by molar-refractivity contribution is 6.13. The molecule has 0 saturated carbocycles. The SMILES string of the molecule is O=C([O-])COc1ccccc1/C=C1\N=C(c2ccc3c(c2)OCO3)OC1=O. The van der Waals surface area contributed by atoms with Crippen LogP contribution in [0.3, 0.4) is 0 Å². The predicted octanol–water partition coefficient (Wildman–Crippen LogP) is 0.888. The molecule has 2 aliphatic rings. The molecule has 8 nitrogen and oxygen atoms in total. The molecule has 27 heavy (non-hydrogen) atoms. The fourth-order valence-corrected chi connectivity index (χ4v) is 2.58. The molecule has 0 amide bonds. The second-order valence-corrected chi connectivity index (χ2v) is 5.60. The monoisotopic (exact) mass is 366 g/mol. The topological polar surface area (TPSA) is 106 Å². The van der Waals surface area contributed by atoms with Gasteiger partial charge < -0.3 is 28.8 Å². The summed E-state index contributed by atoms with van der Waals surface area (Å²) in [5, 5.41) is 10.6. The van der Waals surface area contributed by atoms with E-state index in [1.165, 1.54) is 6.08 Å². The largest absolute Gasteiger partial charge is 0.546 e. The quantitative estimate of drug-likeness (QED) is 0.571. The lowest BCUT2D eigenvalue weighted by Crippen LogP contribution is -2.29. The predicted molar refractivity (Wildman–Crippen MR) is 90.1 cm³/mol. The molecule has 2 aromatic carbocycles. The van der Waals surface area contributed by atoms with Gasteiger partial charge in [-0.1, -0.05) is 18.2 Å². The van der Waals surface area contributed by atoms with E-state index in [4.69, 9.17) is 18.9 Å². The Bertz CT molecular complexity index is 993. The van der Waals surface area contributed by atoms with Crippen LogP contribution in [0.5, 0.6) is 17.2 Å². The number of cyclic esters (lactones) is 1. The van der Waals surface area contributed by atoms with Crippen molar-refractivity contribution in [2.24, 2.45) is 4.99 Å². The molecular formula is C19H12NO7-. The molecule has 0 radical (unpaired) electrons. The van der Waals surface area contributed by atoms with Crippen LogP contribution in [-0.2, 0) is 14.3 Å². The summed E-state index contributed by atoms with van der Waals surface area (Å²) in [5.74, 6) is -0.396. The van der Waals surface area contributed by atoms with Crippen LogP contribution in [0.15, 0.2) is 53.2 Å². The number of hydrogen-bond donors (Lipinski definition) is 0. The van der Waals surface area contributed by atoms with Gasteiger partial charge in [0.2, 0.25) is 12.7 Å². The highest BCUT2D eigenvalue weighted by Crippen LogP contribution is 2.33. The van der Waals surface area contributed by atoms with Crippen LogP contribution >= 0.6 is 0 Å². The van der Waals surface area contributed by atoms with Gasteiger partial charge in [-0.05, 0) is 30.3 Å². The molecule has 4 rings (SSSR count). The van der Waals surface area contributed by atoms with Crippen molar-refractivity contribution in [3.63, 3.8) is 0 Å². The van der Waals surface area contributed by atoms with Crippen LogP contribution in [0, 0.1) is 0 Å². The summed E-state index contributed by atoms with van der Waals surface area (Å²) in [5.41, 5.74) is 1.12. The molecule has 0 saturated heterocycles. The van der Waals surface area contributed by atoms with E-state index in [1.54, 1.807) is 42.5 Å². The summed E-state index contributed by atoms with van der Waals surface area (Å²) in [6, 6.07) is 11.7. The Morgan fingerprint density at radius 1 is 1.19 bits per heavy atom. The number of nitrogens with zero attached hydrogens (tertiary/aromatic N) is 1.